The average molecular weight is 266 g/mol. The Hall–Kier alpha value is -1.13. The van der Waals surface area contributed by atoms with E-state index in [4.69, 9.17) is 4.74 Å². The highest BCUT2D eigenvalue weighted by atomic mass is 19.1. The lowest BCUT2D eigenvalue weighted by Crippen LogP contribution is -2.46. The van der Waals surface area contributed by atoms with Crippen molar-refractivity contribution in [3.05, 3.63) is 29.6 Å². The molecule has 1 fully saturated rings. The number of nitrogens with one attached hydrogen (secondary N) is 1. The van der Waals surface area contributed by atoms with Crippen LogP contribution in [0.4, 0.5) is 10.1 Å². The Morgan fingerprint density at radius 1 is 1.42 bits per heavy atom. The summed E-state index contributed by atoms with van der Waals surface area (Å²) in [5.74, 6) is -0.129. The molecule has 1 aromatic carbocycles. The minimum absolute atomic E-state index is 0.129. The Kier molecular flexibility index (Phi) is 5.16. The molecular formula is C15H23FN2O. The van der Waals surface area contributed by atoms with E-state index in [1.807, 2.05) is 6.07 Å². The Labute approximate surface area is 114 Å². The summed E-state index contributed by atoms with van der Waals surface area (Å²) in [6.45, 7) is 7.89. The van der Waals surface area contributed by atoms with Gasteiger partial charge in [0.2, 0.25) is 0 Å². The van der Waals surface area contributed by atoms with Crippen LogP contribution in [0.5, 0.6) is 0 Å². The molecule has 0 amide bonds. The molecule has 1 atom stereocenters. The van der Waals surface area contributed by atoms with Crippen LogP contribution in [0.2, 0.25) is 0 Å². The number of nitrogens with zero attached hydrogens (tertiary/aromatic N) is 1. The first-order chi connectivity index (χ1) is 9.27. The molecule has 0 saturated carbocycles. The van der Waals surface area contributed by atoms with E-state index in [2.05, 4.69) is 24.1 Å². The van der Waals surface area contributed by atoms with Crippen molar-refractivity contribution in [2.75, 3.05) is 31.2 Å². The molecule has 1 N–H and O–H groups in total. The first-order valence-corrected chi connectivity index (χ1v) is 7.10. The van der Waals surface area contributed by atoms with Crippen molar-refractivity contribution in [2.45, 2.75) is 32.9 Å². The highest BCUT2D eigenvalue weighted by molar-refractivity contribution is 5.56. The molecule has 1 aromatic rings. The van der Waals surface area contributed by atoms with E-state index >= 15 is 0 Å². The van der Waals surface area contributed by atoms with E-state index in [1.165, 1.54) is 0 Å². The van der Waals surface area contributed by atoms with Crippen LogP contribution in [0.25, 0.3) is 0 Å². The summed E-state index contributed by atoms with van der Waals surface area (Å²) in [6, 6.07) is 5.61. The molecule has 0 radical (unpaired) electrons. The minimum Gasteiger partial charge on any atom is -0.377 e. The van der Waals surface area contributed by atoms with Gasteiger partial charge in [-0.3, -0.25) is 0 Å². The Balaban J connectivity index is 2.30. The van der Waals surface area contributed by atoms with Crippen molar-refractivity contribution in [3.8, 4) is 0 Å². The van der Waals surface area contributed by atoms with Crippen molar-refractivity contribution in [1.29, 1.82) is 0 Å². The smallest absolute Gasteiger partial charge is 0.146 e. The zero-order valence-electron chi connectivity index (χ0n) is 11.8. The lowest BCUT2D eigenvalue weighted by molar-refractivity contribution is 0.0925. The fraction of sp³-hybridized carbons (Fsp3) is 0.600. The number of hydrogen-bond donors (Lipinski definition) is 1. The monoisotopic (exact) mass is 266 g/mol. The van der Waals surface area contributed by atoms with E-state index in [9.17, 15) is 4.39 Å². The normalized spacial score (nSPS) is 19.7. The second-order valence-corrected chi connectivity index (χ2v) is 4.86. The molecule has 4 heteroatoms. The molecule has 1 unspecified atom stereocenters. The molecule has 0 spiro atoms. The van der Waals surface area contributed by atoms with Crippen molar-refractivity contribution in [1.82, 2.24) is 5.32 Å². The number of anilines is 1. The summed E-state index contributed by atoms with van der Waals surface area (Å²) in [5, 5.41) is 3.28. The summed E-state index contributed by atoms with van der Waals surface area (Å²) in [5.41, 5.74) is 1.78. The van der Waals surface area contributed by atoms with Crippen molar-refractivity contribution in [3.63, 3.8) is 0 Å². The van der Waals surface area contributed by atoms with Crippen molar-refractivity contribution in [2.24, 2.45) is 0 Å². The van der Waals surface area contributed by atoms with Gasteiger partial charge in [0.05, 0.1) is 24.9 Å². The van der Waals surface area contributed by atoms with Gasteiger partial charge in [0.1, 0.15) is 5.82 Å². The maximum Gasteiger partial charge on any atom is 0.146 e. The number of ether oxygens (including phenoxy) is 1. The van der Waals surface area contributed by atoms with Gasteiger partial charge in [-0.1, -0.05) is 26.0 Å². The molecule has 19 heavy (non-hydrogen) atoms. The largest absolute Gasteiger partial charge is 0.377 e. The van der Waals surface area contributed by atoms with Gasteiger partial charge in [0, 0.05) is 13.1 Å². The van der Waals surface area contributed by atoms with Gasteiger partial charge in [-0.2, -0.15) is 0 Å². The lowest BCUT2D eigenvalue weighted by Gasteiger charge is -2.38. The average Bonchev–Trinajstić information content (AvgIpc) is 2.45. The summed E-state index contributed by atoms with van der Waals surface area (Å²) >= 11 is 0. The standard InChI is InChI=1S/C15H23FN2O/c1-3-13-11-19-9-8-18(13)15-12(10-17-4-2)6-5-7-14(15)16/h5-7,13,17H,3-4,8-11H2,1-2H3. The fourth-order valence-corrected chi connectivity index (χ4v) is 2.57. The lowest BCUT2D eigenvalue weighted by atomic mass is 10.1. The number of halogens is 1. The van der Waals surface area contributed by atoms with Crippen LogP contribution in [-0.2, 0) is 11.3 Å². The quantitative estimate of drug-likeness (QED) is 0.886. The first-order valence-electron chi connectivity index (χ1n) is 7.10. The van der Waals surface area contributed by atoms with E-state index in [1.54, 1.807) is 12.1 Å². The molecular weight excluding hydrogens is 243 g/mol. The molecule has 3 nitrogen and oxygen atoms in total. The zero-order chi connectivity index (χ0) is 13.7. The third kappa shape index (κ3) is 3.25. The molecule has 0 bridgehead atoms. The maximum absolute atomic E-state index is 14.3. The second-order valence-electron chi connectivity index (χ2n) is 4.86. The minimum atomic E-state index is -0.129. The molecule has 1 aliphatic heterocycles. The molecule has 2 rings (SSSR count). The molecule has 106 valence electrons. The van der Waals surface area contributed by atoms with Crippen LogP contribution < -0.4 is 10.2 Å². The van der Waals surface area contributed by atoms with Gasteiger partial charge in [0.25, 0.3) is 0 Å². The van der Waals surface area contributed by atoms with Crippen LogP contribution in [0.15, 0.2) is 18.2 Å². The van der Waals surface area contributed by atoms with Crippen LogP contribution >= 0.6 is 0 Å². The molecule has 0 aromatic heterocycles. The third-order valence-electron chi connectivity index (χ3n) is 3.62. The number of rotatable bonds is 5. The highest BCUT2D eigenvalue weighted by Gasteiger charge is 2.25. The van der Waals surface area contributed by atoms with Crippen LogP contribution in [0, 0.1) is 5.82 Å². The molecule has 1 saturated heterocycles. The summed E-state index contributed by atoms with van der Waals surface area (Å²) < 4.78 is 19.8. The first kappa shape index (κ1) is 14.3. The second kappa shape index (κ2) is 6.87. The van der Waals surface area contributed by atoms with Gasteiger partial charge in [-0.05, 0) is 24.6 Å². The topological polar surface area (TPSA) is 24.5 Å². The number of para-hydroxylation sites is 1. The number of benzene rings is 1. The van der Waals surface area contributed by atoms with Gasteiger partial charge in [-0.15, -0.1) is 0 Å². The van der Waals surface area contributed by atoms with Crippen molar-refractivity contribution < 1.29 is 9.13 Å². The van der Waals surface area contributed by atoms with Gasteiger partial charge in [-0.25, -0.2) is 4.39 Å². The number of hydrogen-bond acceptors (Lipinski definition) is 3. The maximum atomic E-state index is 14.3. The highest BCUT2D eigenvalue weighted by Crippen LogP contribution is 2.28. The molecule has 1 heterocycles. The van der Waals surface area contributed by atoms with Gasteiger partial charge < -0.3 is 15.0 Å². The van der Waals surface area contributed by atoms with Crippen molar-refractivity contribution >= 4 is 5.69 Å². The Morgan fingerprint density at radius 3 is 3.00 bits per heavy atom. The zero-order valence-corrected chi connectivity index (χ0v) is 11.8. The SMILES string of the molecule is CCNCc1cccc(F)c1N1CCOCC1CC. The predicted molar refractivity (Wildman–Crippen MR) is 76.0 cm³/mol. The van der Waals surface area contributed by atoms with Crippen LogP contribution in [-0.4, -0.2) is 32.3 Å². The summed E-state index contributed by atoms with van der Waals surface area (Å²) in [4.78, 5) is 2.17. The third-order valence-corrected chi connectivity index (χ3v) is 3.62. The number of morpholine rings is 1. The predicted octanol–water partition coefficient (Wildman–Crippen LogP) is 2.55. The van der Waals surface area contributed by atoms with E-state index in [0.717, 1.165) is 30.8 Å². The summed E-state index contributed by atoms with van der Waals surface area (Å²) in [6.07, 6.45) is 0.967. The van der Waals surface area contributed by atoms with E-state index in [0.29, 0.717) is 19.8 Å². The fourth-order valence-electron chi connectivity index (χ4n) is 2.57. The van der Waals surface area contributed by atoms with Crippen LogP contribution in [0.1, 0.15) is 25.8 Å². The Morgan fingerprint density at radius 2 is 2.26 bits per heavy atom. The Bertz CT molecular complexity index is 411. The van der Waals surface area contributed by atoms with E-state index in [-0.39, 0.29) is 11.9 Å². The molecule has 0 aliphatic carbocycles. The summed E-state index contributed by atoms with van der Waals surface area (Å²) in [7, 11) is 0. The molecule has 1 aliphatic rings. The van der Waals surface area contributed by atoms with Gasteiger partial charge >= 0.3 is 0 Å². The van der Waals surface area contributed by atoms with Crippen LogP contribution in [0.3, 0.4) is 0 Å². The van der Waals surface area contributed by atoms with Gasteiger partial charge in [0.15, 0.2) is 0 Å². The van der Waals surface area contributed by atoms with E-state index < -0.39 is 0 Å².